The van der Waals surface area contributed by atoms with Crippen molar-refractivity contribution in [2.45, 2.75) is 57.1 Å². The molecular formula is C15H23ClN2O2. The molecule has 4 nitrogen and oxygen atoms in total. The molecule has 3 atom stereocenters. The van der Waals surface area contributed by atoms with E-state index in [0.29, 0.717) is 6.04 Å². The fourth-order valence-electron chi connectivity index (χ4n) is 3.68. The Labute approximate surface area is 125 Å². The van der Waals surface area contributed by atoms with Gasteiger partial charge in [0.2, 0.25) is 0 Å². The van der Waals surface area contributed by atoms with E-state index in [9.17, 15) is 0 Å². The molecular weight excluding hydrogens is 276 g/mol. The van der Waals surface area contributed by atoms with Crippen molar-refractivity contribution in [3.8, 4) is 0 Å². The highest BCUT2D eigenvalue weighted by atomic mass is 35.5. The first-order valence-electron chi connectivity index (χ1n) is 7.44. The van der Waals surface area contributed by atoms with Gasteiger partial charge < -0.3 is 9.47 Å². The molecule has 2 aliphatic rings. The standard InChI is InChI=1S/C15H23ClN2O2/c1-10(16)14-11(2)17-18(12(14)3)13-4-6-20-15(8-13)5-7-19-9-15/h10,13H,4-9H2,1-3H3. The summed E-state index contributed by atoms with van der Waals surface area (Å²) >= 11 is 6.29. The zero-order valence-electron chi connectivity index (χ0n) is 12.5. The van der Waals surface area contributed by atoms with E-state index in [0.717, 1.165) is 44.8 Å². The lowest BCUT2D eigenvalue weighted by Crippen LogP contribution is -2.41. The fourth-order valence-corrected chi connectivity index (χ4v) is 4.00. The van der Waals surface area contributed by atoms with Gasteiger partial charge in [-0.15, -0.1) is 11.6 Å². The molecule has 2 fully saturated rings. The van der Waals surface area contributed by atoms with Gasteiger partial charge in [0.25, 0.3) is 0 Å². The summed E-state index contributed by atoms with van der Waals surface area (Å²) in [5.74, 6) is 0. The van der Waals surface area contributed by atoms with Gasteiger partial charge >= 0.3 is 0 Å². The van der Waals surface area contributed by atoms with Crippen LogP contribution < -0.4 is 0 Å². The van der Waals surface area contributed by atoms with Crippen LogP contribution in [-0.4, -0.2) is 35.2 Å². The third kappa shape index (κ3) is 2.38. The molecule has 0 aromatic carbocycles. The normalized spacial score (nSPS) is 31.9. The van der Waals surface area contributed by atoms with Crippen molar-refractivity contribution in [1.29, 1.82) is 0 Å². The molecule has 3 heterocycles. The van der Waals surface area contributed by atoms with Crippen LogP contribution in [0.3, 0.4) is 0 Å². The maximum absolute atomic E-state index is 6.29. The first kappa shape index (κ1) is 14.4. The molecule has 2 saturated heterocycles. The van der Waals surface area contributed by atoms with Gasteiger partial charge in [-0.25, -0.2) is 0 Å². The Balaban J connectivity index is 1.87. The highest BCUT2D eigenvalue weighted by Crippen LogP contribution is 2.39. The average Bonchev–Trinajstić information content (AvgIpc) is 2.95. The molecule has 0 aliphatic carbocycles. The summed E-state index contributed by atoms with van der Waals surface area (Å²) in [6, 6.07) is 0.397. The SMILES string of the molecule is Cc1nn(C2CCOC3(CCOC3)C2)c(C)c1C(C)Cl. The largest absolute Gasteiger partial charge is 0.378 e. The number of hydrogen-bond donors (Lipinski definition) is 0. The van der Waals surface area contributed by atoms with E-state index in [1.54, 1.807) is 0 Å². The predicted octanol–water partition coefficient (Wildman–Crippen LogP) is 3.31. The van der Waals surface area contributed by atoms with E-state index in [4.69, 9.17) is 26.2 Å². The quantitative estimate of drug-likeness (QED) is 0.786. The monoisotopic (exact) mass is 298 g/mol. The minimum atomic E-state index is -0.0814. The van der Waals surface area contributed by atoms with Crippen molar-refractivity contribution in [2.75, 3.05) is 19.8 Å². The van der Waals surface area contributed by atoms with Gasteiger partial charge in [-0.2, -0.15) is 5.10 Å². The Kier molecular flexibility index (Phi) is 3.82. The van der Waals surface area contributed by atoms with Gasteiger partial charge in [0, 0.05) is 37.3 Å². The maximum atomic E-state index is 6.29. The Bertz CT molecular complexity index is 492. The Hall–Kier alpha value is -0.580. The molecule has 3 rings (SSSR count). The molecule has 3 unspecified atom stereocenters. The maximum Gasteiger partial charge on any atom is 0.0957 e. The summed E-state index contributed by atoms with van der Waals surface area (Å²) < 4.78 is 13.7. The third-order valence-corrected chi connectivity index (χ3v) is 4.88. The van der Waals surface area contributed by atoms with E-state index >= 15 is 0 Å². The summed E-state index contributed by atoms with van der Waals surface area (Å²) in [5.41, 5.74) is 3.34. The molecule has 1 aromatic rings. The number of alkyl halides is 1. The summed E-state index contributed by atoms with van der Waals surface area (Å²) in [7, 11) is 0. The Morgan fingerprint density at radius 2 is 2.20 bits per heavy atom. The number of nitrogens with zero attached hydrogens (tertiary/aromatic N) is 2. The number of hydrogen-bond acceptors (Lipinski definition) is 3. The van der Waals surface area contributed by atoms with Gasteiger partial charge in [0.1, 0.15) is 0 Å². The molecule has 1 spiro atoms. The fraction of sp³-hybridized carbons (Fsp3) is 0.800. The van der Waals surface area contributed by atoms with Crippen LogP contribution in [0.5, 0.6) is 0 Å². The van der Waals surface area contributed by atoms with Crippen molar-refractivity contribution in [2.24, 2.45) is 0 Å². The van der Waals surface area contributed by atoms with Crippen LogP contribution in [-0.2, 0) is 9.47 Å². The van der Waals surface area contributed by atoms with Crippen molar-refractivity contribution in [3.05, 3.63) is 17.0 Å². The number of ether oxygens (including phenoxy) is 2. The highest BCUT2D eigenvalue weighted by Gasteiger charge is 2.42. The zero-order chi connectivity index (χ0) is 14.3. The topological polar surface area (TPSA) is 36.3 Å². The third-order valence-electron chi connectivity index (χ3n) is 4.66. The Morgan fingerprint density at radius 3 is 2.80 bits per heavy atom. The zero-order valence-corrected chi connectivity index (χ0v) is 13.2. The van der Waals surface area contributed by atoms with E-state index in [1.807, 2.05) is 13.8 Å². The second-order valence-electron chi connectivity index (χ2n) is 6.13. The van der Waals surface area contributed by atoms with Crippen molar-refractivity contribution in [1.82, 2.24) is 9.78 Å². The first-order valence-corrected chi connectivity index (χ1v) is 7.87. The molecule has 1 aromatic heterocycles. The predicted molar refractivity (Wildman–Crippen MR) is 78.4 cm³/mol. The van der Waals surface area contributed by atoms with Gasteiger partial charge in [-0.1, -0.05) is 0 Å². The highest BCUT2D eigenvalue weighted by molar-refractivity contribution is 6.20. The Morgan fingerprint density at radius 1 is 1.40 bits per heavy atom. The van der Waals surface area contributed by atoms with Crippen LogP contribution in [0, 0.1) is 13.8 Å². The summed E-state index contributed by atoms with van der Waals surface area (Å²) in [5, 5.41) is 4.75. The number of aromatic nitrogens is 2. The minimum absolute atomic E-state index is 0.00682. The lowest BCUT2D eigenvalue weighted by Gasteiger charge is -2.37. The van der Waals surface area contributed by atoms with Crippen molar-refractivity contribution < 1.29 is 9.47 Å². The molecule has 0 amide bonds. The first-order chi connectivity index (χ1) is 9.52. The lowest BCUT2D eigenvalue weighted by atomic mass is 9.89. The molecule has 20 heavy (non-hydrogen) atoms. The van der Waals surface area contributed by atoms with Gasteiger partial charge in [-0.3, -0.25) is 4.68 Å². The van der Waals surface area contributed by atoms with Crippen LogP contribution >= 0.6 is 11.6 Å². The molecule has 0 radical (unpaired) electrons. The summed E-state index contributed by atoms with van der Waals surface area (Å²) in [6.07, 6.45) is 3.01. The van der Waals surface area contributed by atoms with Gasteiger partial charge in [-0.05, 0) is 27.2 Å². The molecule has 0 saturated carbocycles. The van der Waals surface area contributed by atoms with Gasteiger partial charge in [0.05, 0.1) is 29.3 Å². The summed E-state index contributed by atoms with van der Waals surface area (Å²) in [4.78, 5) is 0. The summed E-state index contributed by atoms with van der Waals surface area (Å²) in [6.45, 7) is 8.51. The van der Waals surface area contributed by atoms with Crippen molar-refractivity contribution in [3.63, 3.8) is 0 Å². The molecule has 0 bridgehead atoms. The van der Waals surface area contributed by atoms with E-state index < -0.39 is 0 Å². The number of aryl methyl sites for hydroxylation is 1. The average molecular weight is 299 g/mol. The lowest BCUT2D eigenvalue weighted by molar-refractivity contribution is -0.0965. The molecule has 5 heteroatoms. The number of rotatable bonds is 2. The van der Waals surface area contributed by atoms with Gasteiger partial charge in [0.15, 0.2) is 0 Å². The van der Waals surface area contributed by atoms with Crippen LogP contribution in [0.4, 0.5) is 0 Å². The molecule has 0 N–H and O–H groups in total. The molecule has 2 aliphatic heterocycles. The van der Waals surface area contributed by atoms with Crippen LogP contribution in [0.15, 0.2) is 0 Å². The van der Waals surface area contributed by atoms with Crippen LogP contribution in [0.1, 0.15) is 54.6 Å². The minimum Gasteiger partial charge on any atom is -0.378 e. The van der Waals surface area contributed by atoms with E-state index in [-0.39, 0.29) is 11.0 Å². The smallest absolute Gasteiger partial charge is 0.0957 e. The second-order valence-corrected chi connectivity index (χ2v) is 6.78. The van der Waals surface area contributed by atoms with Crippen molar-refractivity contribution >= 4 is 11.6 Å². The second kappa shape index (κ2) is 5.32. The number of halogens is 1. The van der Waals surface area contributed by atoms with Crippen LogP contribution in [0.2, 0.25) is 0 Å². The van der Waals surface area contributed by atoms with E-state index in [2.05, 4.69) is 11.6 Å². The molecule has 112 valence electrons. The van der Waals surface area contributed by atoms with E-state index in [1.165, 1.54) is 11.3 Å². The van der Waals surface area contributed by atoms with Crippen LogP contribution in [0.25, 0.3) is 0 Å².